The predicted molar refractivity (Wildman–Crippen MR) is 55.3 cm³/mol. The maximum absolute atomic E-state index is 13.1. The van der Waals surface area contributed by atoms with Crippen molar-refractivity contribution in [2.45, 2.75) is 19.4 Å². The molecule has 1 aromatic rings. The van der Waals surface area contributed by atoms with E-state index < -0.39 is 17.9 Å². The molecule has 1 aromatic carbocycles. The van der Waals surface area contributed by atoms with Gasteiger partial charge >= 0.3 is 5.97 Å². The number of benzene rings is 1. The van der Waals surface area contributed by atoms with Crippen LogP contribution >= 0.6 is 0 Å². The first kappa shape index (κ1) is 12.3. The second kappa shape index (κ2) is 5.34. The number of hydrogen-bond donors (Lipinski definition) is 1. The first-order valence-corrected chi connectivity index (χ1v) is 4.81. The monoisotopic (exact) mass is 228 g/mol. The van der Waals surface area contributed by atoms with E-state index in [9.17, 15) is 9.18 Å². The van der Waals surface area contributed by atoms with Crippen LogP contribution < -0.4 is 9.47 Å². The molecular formula is C11H13FO4. The Balaban J connectivity index is 2.84. The minimum absolute atomic E-state index is 0.0257. The smallest absolute Gasteiger partial charge is 0.344 e. The molecule has 0 amide bonds. The Morgan fingerprint density at radius 2 is 2.25 bits per heavy atom. The van der Waals surface area contributed by atoms with E-state index >= 15 is 0 Å². The van der Waals surface area contributed by atoms with Crippen molar-refractivity contribution in [1.82, 2.24) is 0 Å². The molecule has 0 aromatic heterocycles. The fourth-order valence-electron chi connectivity index (χ4n) is 1.19. The van der Waals surface area contributed by atoms with Crippen LogP contribution in [0.1, 0.15) is 13.3 Å². The molecular weight excluding hydrogens is 215 g/mol. The summed E-state index contributed by atoms with van der Waals surface area (Å²) in [6.45, 7) is 1.69. The van der Waals surface area contributed by atoms with Crippen LogP contribution in [0, 0.1) is 5.82 Å². The van der Waals surface area contributed by atoms with Gasteiger partial charge in [-0.15, -0.1) is 0 Å². The molecule has 1 N–H and O–H groups in total. The van der Waals surface area contributed by atoms with Crippen LogP contribution in [0.5, 0.6) is 11.5 Å². The highest BCUT2D eigenvalue weighted by atomic mass is 19.1. The summed E-state index contributed by atoms with van der Waals surface area (Å²) in [5.41, 5.74) is 0. The summed E-state index contributed by atoms with van der Waals surface area (Å²) in [4.78, 5) is 10.7. The molecule has 0 heterocycles. The van der Waals surface area contributed by atoms with Gasteiger partial charge in [0.15, 0.2) is 17.7 Å². The Labute approximate surface area is 92.6 Å². The number of ether oxygens (including phenoxy) is 2. The summed E-state index contributed by atoms with van der Waals surface area (Å²) in [5, 5.41) is 8.79. The number of aliphatic carboxylic acids is 1. The van der Waals surface area contributed by atoms with E-state index in [2.05, 4.69) is 0 Å². The molecule has 0 saturated carbocycles. The molecule has 1 unspecified atom stereocenters. The van der Waals surface area contributed by atoms with Crippen molar-refractivity contribution >= 4 is 5.97 Å². The van der Waals surface area contributed by atoms with E-state index in [1.54, 1.807) is 6.92 Å². The Kier molecular flexibility index (Phi) is 4.10. The number of hydrogen-bond acceptors (Lipinski definition) is 3. The maximum Gasteiger partial charge on any atom is 0.344 e. The fraction of sp³-hybridized carbons (Fsp3) is 0.364. The number of carboxylic acid groups (broad SMARTS) is 1. The minimum Gasteiger partial charge on any atom is -0.494 e. The Hall–Kier alpha value is -1.78. The van der Waals surface area contributed by atoms with Gasteiger partial charge in [0.1, 0.15) is 5.75 Å². The Morgan fingerprint density at radius 3 is 2.75 bits per heavy atom. The van der Waals surface area contributed by atoms with Crippen LogP contribution in [0.4, 0.5) is 4.39 Å². The molecule has 0 bridgehead atoms. The summed E-state index contributed by atoms with van der Waals surface area (Å²) < 4.78 is 23.0. The van der Waals surface area contributed by atoms with Gasteiger partial charge in [-0.25, -0.2) is 9.18 Å². The van der Waals surface area contributed by atoms with Gasteiger partial charge in [-0.05, 0) is 18.6 Å². The van der Waals surface area contributed by atoms with Gasteiger partial charge in [-0.1, -0.05) is 6.92 Å². The zero-order valence-corrected chi connectivity index (χ0v) is 9.07. The van der Waals surface area contributed by atoms with Crippen LogP contribution in [0.2, 0.25) is 0 Å². The lowest BCUT2D eigenvalue weighted by Crippen LogP contribution is -2.25. The number of rotatable bonds is 5. The van der Waals surface area contributed by atoms with E-state index in [1.807, 2.05) is 0 Å². The van der Waals surface area contributed by atoms with Gasteiger partial charge in [-0.2, -0.15) is 0 Å². The Bertz CT molecular complexity index is 378. The van der Waals surface area contributed by atoms with Crippen molar-refractivity contribution < 1.29 is 23.8 Å². The highest BCUT2D eigenvalue weighted by Gasteiger charge is 2.17. The lowest BCUT2D eigenvalue weighted by Gasteiger charge is -2.13. The van der Waals surface area contributed by atoms with Crippen molar-refractivity contribution in [3.05, 3.63) is 24.0 Å². The molecule has 4 nitrogen and oxygen atoms in total. The van der Waals surface area contributed by atoms with Gasteiger partial charge in [-0.3, -0.25) is 0 Å². The largest absolute Gasteiger partial charge is 0.494 e. The van der Waals surface area contributed by atoms with Gasteiger partial charge in [0.2, 0.25) is 0 Å². The summed E-state index contributed by atoms with van der Waals surface area (Å²) in [7, 11) is 1.33. The van der Waals surface area contributed by atoms with Crippen molar-refractivity contribution in [3.8, 4) is 11.5 Å². The second-order valence-electron chi connectivity index (χ2n) is 3.15. The fourth-order valence-corrected chi connectivity index (χ4v) is 1.19. The summed E-state index contributed by atoms with van der Waals surface area (Å²) in [5.74, 6) is -1.27. The quantitative estimate of drug-likeness (QED) is 0.838. The number of methoxy groups -OCH3 is 1. The minimum atomic E-state index is -1.05. The second-order valence-corrected chi connectivity index (χ2v) is 3.15. The van der Waals surface area contributed by atoms with Crippen LogP contribution in [0.3, 0.4) is 0 Å². The van der Waals surface area contributed by atoms with Crippen LogP contribution in [-0.2, 0) is 4.79 Å². The number of carbonyl (C=O) groups is 1. The Morgan fingerprint density at radius 1 is 1.56 bits per heavy atom. The SMILES string of the molecule is CCC(Oc1ccc(F)c(OC)c1)C(=O)O. The third kappa shape index (κ3) is 2.85. The number of halogens is 1. The standard InChI is InChI=1S/C11H13FO4/c1-3-9(11(13)14)16-7-4-5-8(12)10(6-7)15-2/h4-6,9H,3H2,1-2H3,(H,13,14). The van der Waals surface area contributed by atoms with E-state index in [4.69, 9.17) is 14.6 Å². The summed E-state index contributed by atoms with van der Waals surface area (Å²) in [6.07, 6.45) is -0.607. The zero-order valence-electron chi connectivity index (χ0n) is 9.07. The van der Waals surface area contributed by atoms with Crippen LogP contribution in [0.25, 0.3) is 0 Å². The van der Waals surface area contributed by atoms with Gasteiger partial charge in [0.25, 0.3) is 0 Å². The third-order valence-corrected chi connectivity index (χ3v) is 2.05. The van der Waals surface area contributed by atoms with Crippen molar-refractivity contribution in [2.75, 3.05) is 7.11 Å². The first-order valence-electron chi connectivity index (χ1n) is 4.81. The topological polar surface area (TPSA) is 55.8 Å². The highest BCUT2D eigenvalue weighted by molar-refractivity contribution is 5.72. The van der Waals surface area contributed by atoms with Gasteiger partial charge in [0.05, 0.1) is 7.11 Å². The lowest BCUT2D eigenvalue weighted by atomic mass is 10.2. The molecule has 0 saturated heterocycles. The molecule has 1 rings (SSSR count). The average molecular weight is 228 g/mol. The van der Waals surface area contributed by atoms with E-state index in [0.717, 1.165) is 0 Å². The molecule has 0 aliphatic heterocycles. The average Bonchev–Trinajstić information content (AvgIpc) is 2.27. The normalized spacial score (nSPS) is 11.9. The van der Waals surface area contributed by atoms with Crippen molar-refractivity contribution in [3.63, 3.8) is 0 Å². The van der Waals surface area contributed by atoms with Crippen molar-refractivity contribution in [1.29, 1.82) is 0 Å². The molecule has 0 aliphatic carbocycles. The van der Waals surface area contributed by atoms with Crippen LogP contribution in [0.15, 0.2) is 18.2 Å². The first-order chi connectivity index (χ1) is 7.58. The maximum atomic E-state index is 13.1. The molecule has 0 radical (unpaired) electrons. The molecule has 88 valence electrons. The molecule has 1 atom stereocenters. The van der Waals surface area contributed by atoms with E-state index in [0.29, 0.717) is 6.42 Å². The lowest BCUT2D eigenvalue weighted by molar-refractivity contribution is -0.145. The third-order valence-electron chi connectivity index (χ3n) is 2.05. The van der Waals surface area contributed by atoms with Gasteiger partial charge < -0.3 is 14.6 Å². The molecule has 0 fully saturated rings. The van der Waals surface area contributed by atoms with E-state index in [1.165, 1.54) is 25.3 Å². The summed E-state index contributed by atoms with van der Waals surface area (Å²) >= 11 is 0. The molecule has 0 aliphatic rings. The predicted octanol–water partition coefficient (Wildman–Crippen LogP) is 2.08. The van der Waals surface area contributed by atoms with Gasteiger partial charge in [0, 0.05) is 6.07 Å². The van der Waals surface area contributed by atoms with Crippen molar-refractivity contribution in [2.24, 2.45) is 0 Å². The van der Waals surface area contributed by atoms with Crippen LogP contribution in [-0.4, -0.2) is 24.3 Å². The van der Waals surface area contributed by atoms with E-state index in [-0.39, 0.29) is 11.5 Å². The number of carboxylic acids is 1. The highest BCUT2D eigenvalue weighted by Crippen LogP contribution is 2.24. The summed E-state index contributed by atoms with van der Waals surface area (Å²) in [6, 6.07) is 3.85. The molecule has 16 heavy (non-hydrogen) atoms. The molecule has 5 heteroatoms. The zero-order chi connectivity index (χ0) is 12.1. The molecule has 0 spiro atoms.